The quantitative estimate of drug-likeness (QED) is 0.332. The van der Waals surface area contributed by atoms with Crippen molar-refractivity contribution >= 4 is 23.1 Å². The largest absolute Gasteiger partial charge is 0.507 e. The molecule has 33 heavy (non-hydrogen) atoms. The van der Waals surface area contributed by atoms with Crippen molar-refractivity contribution in [3.05, 3.63) is 95.3 Å². The minimum absolute atomic E-state index is 0.0944. The number of methoxy groups -OCH3 is 1. The van der Waals surface area contributed by atoms with Crippen molar-refractivity contribution < 1.29 is 28.6 Å². The molecular weight excluding hydrogens is 425 g/mol. The molecule has 1 heterocycles. The van der Waals surface area contributed by atoms with Gasteiger partial charge >= 0.3 is 0 Å². The zero-order chi connectivity index (χ0) is 23.5. The predicted octanol–water partition coefficient (Wildman–Crippen LogP) is 4.86. The van der Waals surface area contributed by atoms with E-state index in [1.165, 1.54) is 36.3 Å². The van der Waals surface area contributed by atoms with Gasteiger partial charge in [-0.25, -0.2) is 4.39 Å². The van der Waals surface area contributed by atoms with E-state index in [9.17, 15) is 19.1 Å². The third-order valence-corrected chi connectivity index (χ3v) is 5.38. The van der Waals surface area contributed by atoms with Crippen LogP contribution in [0, 0.1) is 5.82 Å². The third-order valence-electron chi connectivity index (χ3n) is 5.38. The van der Waals surface area contributed by atoms with E-state index < -0.39 is 23.5 Å². The number of ether oxygens (including phenoxy) is 2. The maximum Gasteiger partial charge on any atom is 0.300 e. The van der Waals surface area contributed by atoms with Crippen LogP contribution in [0.25, 0.3) is 5.76 Å². The summed E-state index contributed by atoms with van der Waals surface area (Å²) in [6.45, 7) is 2.26. The standard InChI is InChI=1S/C26H22FNO5/c1-3-33-21-9-4-6-17(14-21)24(29)22-23(16-10-12-18(27)13-11-16)28(26(31)25(22)30)19-7-5-8-20(15-19)32-2/h4-15,23,29H,3H2,1-2H3/b24-22+. The molecule has 0 spiro atoms. The van der Waals surface area contributed by atoms with Crippen LogP contribution < -0.4 is 14.4 Å². The molecule has 1 aliphatic heterocycles. The van der Waals surface area contributed by atoms with E-state index in [0.717, 1.165) is 0 Å². The van der Waals surface area contributed by atoms with E-state index in [1.807, 2.05) is 6.92 Å². The Morgan fingerprint density at radius 3 is 2.39 bits per heavy atom. The van der Waals surface area contributed by atoms with Crippen molar-refractivity contribution in [2.24, 2.45) is 0 Å². The average Bonchev–Trinajstić information content (AvgIpc) is 3.10. The Hall–Kier alpha value is -4.13. The van der Waals surface area contributed by atoms with Gasteiger partial charge in [0.25, 0.3) is 11.7 Å². The summed E-state index contributed by atoms with van der Waals surface area (Å²) in [5, 5.41) is 11.2. The summed E-state index contributed by atoms with van der Waals surface area (Å²) in [6.07, 6.45) is 0. The van der Waals surface area contributed by atoms with Gasteiger partial charge in [0, 0.05) is 17.3 Å². The molecule has 0 bridgehead atoms. The second-order valence-corrected chi connectivity index (χ2v) is 7.38. The zero-order valence-corrected chi connectivity index (χ0v) is 18.1. The number of benzene rings is 3. The lowest BCUT2D eigenvalue weighted by atomic mass is 9.95. The van der Waals surface area contributed by atoms with E-state index in [-0.39, 0.29) is 11.3 Å². The van der Waals surface area contributed by atoms with Gasteiger partial charge in [-0.05, 0) is 48.9 Å². The fraction of sp³-hybridized carbons (Fsp3) is 0.154. The maximum atomic E-state index is 13.6. The fourth-order valence-corrected chi connectivity index (χ4v) is 3.87. The van der Waals surface area contributed by atoms with E-state index >= 15 is 0 Å². The average molecular weight is 447 g/mol. The first-order valence-electron chi connectivity index (χ1n) is 10.4. The van der Waals surface area contributed by atoms with Gasteiger partial charge in [0.05, 0.1) is 25.3 Å². The van der Waals surface area contributed by atoms with Gasteiger partial charge < -0.3 is 14.6 Å². The molecule has 3 aromatic rings. The van der Waals surface area contributed by atoms with Crippen molar-refractivity contribution in [2.75, 3.05) is 18.6 Å². The molecule has 6 nitrogen and oxygen atoms in total. The Labute approximate surface area is 190 Å². The van der Waals surface area contributed by atoms with E-state index in [2.05, 4.69) is 0 Å². The van der Waals surface area contributed by atoms with Gasteiger partial charge in [-0.2, -0.15) is 0 Å². The number of hydrogen-bond donors (Lipinski definition) is 1. The van der Waals surface area contributed by atoms with Crippen LogP contribution >= 0.6 is 0 Å². The van der Waals surface area contributed by atoms with Gasteiger partial charge in [-0.3, -0.25) is 14.5 Å². The minimum atomic E-state index is -0.964. The number of anilines is 1. The third kappa shape index (κ3) is 4.17. The monoisotopic (exact) mass is 447 g/mol. The molecule has 3 aromatic carbocycles. The number of hydrogen-bond acceptors (Lipinski definition) is 5. The lowest BCUT2D eigenvalue weighted by Gasteiger charge is -2.25. The summed E-state index contributed by atoms with van der Waals surface area (Å²) in [5.41, 5.74) is 1.12. The van der Waals surface area contributed by atoms with Gasteiger partial charge in [-0.15, -0.1) is 0 Å². The Kier molecular flexibility index (Phi) is 6.13. The topological polar surface area (TPSA) is 76.1 Å². The first-order valence-corrected chi connectivity index (χ1v) is 10.4. The lowest BCUT2D eigenvalue weighted by molar-refractivity contribution is -0.132. The van der Waals surface area contributed by atoms with Crippen molar-refractivity contribution in [1.82, 2.24) is 0 Å². The highest BCUT2D eigenvalue weighted by molar-refractivity contribution is 6.51. The molecule has 1 amide bonds. The van der Waals surface area contributed by atoms with Crippen LogP contribution in [0.1, 0.15) is 24.1 Å². The second kappa shape index (κ2) is 9.16. The summed E-state index contributed by atoms with van der Waals surface area (Å²) >= 11 is 0. The van der Waals surface area contributed by atoms with Gasteiger partial charge in [0.1, 0.15) is 23.1 Å². The number of halogens is 1. The van der Waals surface area contributed by atoms with Crippen LogP contribution in [-0.4, -0.2) is 30.5 Å². The molecule has 7 heteroatoms. The molecule has 1 unspecified atom stereocenters. The van der Waals surface area contributed by atoms with Crippen molar-refractivity contribution in [3.63, 3.8) is 0 Å². The first kappa shape index (κ1) is 22.1. The highest BCUT2D eigenvalue weighted by Crippen LogP contribution is 2.43. The molecule has 1 saturated heterocycles. The number of Topliss-reactive ketones (excluding diaryl/α,β-unsaturated/α-hetero) is 1. The Morgan fingerprint density at radius 1 is 1.00 bits per heavy atom. The lowest BCUT2D eigenvalue weighted by Crippen LogP contribution is -2.29. The number of rotatable bonds is 6. The summed E-state index contributed by atoms with van der Waals surface area (Å²) in [4.78, 5) is 27.6. The molecule has 1 aliphatic rings. The van der Waals surface area contributed by atoms with Crippen LogP contribution in [0.15, 0.2) is 78.4 Å². The smallest absolute Gasteiger partial charge is 0.300 e. The minimum Gasteiger partial charge on any atom is -0.507 e. The Balaban J connectivity index is 1.92. The molecule has 1 N–H and O–H groups in total. The summed E-state index contributed by atoms with van der Waals surface area (Å²) in [5.74, 6) is -1.43. The molecule has 4 rings (SSSR count). The number of ketones is 1. The number of carbonyl (C=O) groups is 2. The summed E-state index contributed by atoms with van der Waals surface area (Å²) in [7, 11) is 1.50. The fourth-order valence-electron chi connectivity index (χ4n) is 3.87. The van der Waals surface area contributed by atoms with E-state index in [0.29, 0.717) is 34.9 Å². The van der Waals surface area contributed by atoms with Crippen molar-refractivity contribution in [2.45, 2.75) is 13.0 Å². The highest BCUT2D eigenvalue weighted by Gasteiger charge is 2.47. The molecule has 1 fully saturated rings. The van der Waals surface area contributed by atoms with Crippen LogP contribution in [-0.2, 0) is 9.59 Å². The molecule has 168 valence electrons. The van der Waals surface area contributed by atoms with E-state index in [1.54, 1.807) is 48.5 Å². The number of aliphatic hydroxyl groups excluding tert-OH is 1. The second-order valence-electron chi connectivity index (χ2n) is 7.38. The van der Waals surface area contributed by atoms with Crippen LogP contribution in [0.4, 0.5) is 10.1 Å². The van der Waals surface area contributed by atoms with Crippen LogP contribution in [0.5, 0.6) is 11.5 Å². The first-order chi connectivity index (χ1) is 15.9. The van der Waals surface area contributed by atoms with Gasteiger partial charge in [0.15, 0.2) is 0 Å². The normalized spacial score (nSPS) is 17.3. The number of carbonyl (C=O) groups excluding carboxylic acids is 2. The van der Waals surface area contributed by atoms with Gasteiger partial charge in [0.2, 0.25) is 0 Å². The maximum absolute atomic E-state index is 13.6. The highest BCUT2D eigenvalue weighted by atomic mass is 19.1. The molecule has 0 aromatic heterocycles. The number of amides is 1. The van der Waals surface area contributed by atoms with Gasteiger partial charge in [-0.1, -0.05) is 30.3 Å². The van der Waals surface area contributed by atoms with Crippen LogP contribution in [0.2, 0.25) is 0 Å². The van der Waals surface area contributed by atoms with Crippen LogP contribution in [0.3, 0.4) is 0 Å². The van der Waals surface area contributed by atoms with E-state index in [4.69, 9.17) is 9.47 Å². The molecule has 0 radical (unpaired) electrons. The molecule has 1 atom stereocenters. The Morgan fingerprint density at radius 2 is 1.70 bits per heavy atom. The predicted molar refractivity (Wildman–Crippen MR) is 122 cm³/mol. The number of aliphatic hydroxyl groups is 1. The Bertz CT molecular complexity index is 1240. The summed E-state index contributed by atoms with van der Waals surface area (Å²) in [6, 6.07) is 17.8. The zero-order valence-electron chi connectivity index (χ0n) is 18.1. The molecule has 0 aliphatic carbocycles. The molecule has 0 saturated carbocycles. The number of nitrogens with zero attached hydrogens (tertiary/aromatic N) is 1. The van der Waals surface area contributed by atoms with Crippen molar-refractivity contribution in [3.8, 4) is 11.5 Å². The van der Waals surface area contributed by atoms with Crippen molar-refractivity contribution in [1.29, 1.82) is 0 Å². The molecular formula is C26H22FNO5. The SMILES string of the molecule is CCOc1cccc(/C(O)=C2\C(=O)C(=O)N(c3cccc(OC)c3)C2c2ccc(F)cc2)c1. The summed E-state index contributed by atoms with van der Waals surface area (Å²) < 4.78 is 24.4.